The maximum Gasteiger partial charge on any atom is 0.295 e. The lowest BCUT2D eigenvalue weighted by molar-refractivity contribution is -0.140. The molecule has 1 saturated heterocycles. The zero-order valence-corrected chi connectivity index (χ0v) is 22.0. The van der Waals surface area contributed by atoms with E-state index in [0.717, 1.165) is 11.6 Å². The molecule has 1 aliphatic heterocycles. The van der Waals surface area contributed by atoms with E-state index >= 15 is 0 Å². The van der Waals surface area contributed by atoms with E-state index in [9.17, 15) is 19.1 Å². The van der Waals surface area contributed by atoms with Crippen molar-refractivity contribution in [3.8, 4) is 17.2 Å². The second-order valence-corrected chi connectivity index (χ2v) is 8.87. The number of carbonyl (C=O) groups is 2. The first kappa shape index (κ1) is 27.7. The third-order valence-electron chi connectivity index (χ3n) is 6.45. The summed E-state index contributed by atoms with van der Waals surface area (Å²) >= 11 is 0. The molecule has 4 rings (SSSR count). The van der Waals surface area contributed by atoms with Gasteiger partial charge in [-0.3, -0.25) is 9.59 Å². The third-order valence-corrected chi connectivity index (χ3v) is 6.45. The summed E-state index contributed by atoms with van der Waals surface area (Å²) < 4.78 is 36.0. The molecule has 3 aromatic carbocycles. The number of hydrogen-bond acceptors (Lipinski definition) is 7. The molecule has 39 heavy (non-hydrogen) atoms. The molecule has 9 heteroatoms. The Kier molecular flexibility index (Phi) is 8.83. The fraction of sp³-hybridized carbons (Fsp3) is 0.267. The Morgan fingerprint density at radius 3 is 2.31 bits per heavy atom. The van der Waals surface area contributed by atoms with Crippen molar-refractivity contribution in [3.63, 3.8) is 0 Å². The number of aliphatic hydroxyl groups excluding tert-OH is 1. The first-order chi connectivity index (χ1) is 18.9. The number of rotatable bonds is 11. The van der Waals surface area contributed by atoms with Gasteiger partial charge in [0.2, 0.25) is 0 Å². The minimum atomic E-state index is -0.941. The summed E-state index contributed by atoms with van der Waals surface area (Å²) in [6, 6.07) is 17.6. The van der Waals surface area contributed by atoms with E-state index in [-0.39, 0.29) is 23.4 Å². The average molecular weight is 536 g/mol. The van der Waals surface area contributed by atoms with Crippen molar-refractivity contribution >= 4 is 17.4 Å². The minimum Gasteiger partial charge on any atom is -0.507 e. The van der Waals surface area contributed by atoms with Crippen LogP contribution >= 0.6 is 0 Å². The lowest BCUT2D eigenvalue weighted by atomic mass is 9.94. The number of amides is 1. The normalized spacial score (nSPS) is 16.4. The van der Waals surface area contributed by atoms with E-state index in [1.165, 1.54) is 31.3 Å². The van der Waals surface area contributed by atoms with Crippen LogP contribution in [0.1, 0.15) is 29.2 Å². The number of Topliss-reactive ketones (excluding diaryl/α,β-unsaturated/α-hetero) is 1. The molecular weight excluding hydrogens is 505 g/mol. The summed E-state index contributed by atoms with van der Waals surface area (Å²) in [6.45, 7) is 0.884. The molecule has 3 aromatic rings. The average Bonchev–Trinajstić information content (AvgIpc) is 3.21. The number of halogens is 1. The number of likely N-dealkylation sites (tertiary alicyclic amines) is 1. The summed E-state index contributed by atoms with van der Waals surface area (Å²) in [6.07, 6.45) is 0.465. The van der Waals surface area contributed by atoms with Gasteiger partial charge >= 0.3 is 0 Å². The van der Waals surface area contributed by atoms with Gasteiger partial charge in [0.05, 0.1) is 25.8 Å². The number of nitrogens with zero attached hydrogens (tertiary/aromatic N) is 1. The number of carbonyl (C=O) groups excluding carboxylic acids is 2. The van der Waals surface area contributed by atoms with E-state index in [2.05, 4.69) is 0 Å². The Labute approximate surface area is 226 Å². The van der Waals surface area contributed by atoms with Gasteiger partial charge in [0.1, 0.15) is 12.4 Å². The van der Waals surface area contributed by atoms with Crippen LogP contribution in [0, 0.1) is 5.82 Å². The Hall–Kier alpha value is -4.37. The Balaban J connectivity index is 1.76. The lowest BCUT2D eigenvalue weighted by Crippen LogP contribution is -2.31. The van der Waals surface area contributed by atoms with Crippen molar-refractivity contribution in [2.24, 2.45) is 0 Å². The van der Waals surface area contributed by atoms with Crippen molar-refractivity contribution in [3.05, 3.63) is 94.8 Å². The van der Waals surface area contributed by atoms with Crippen LogP contribution in [-0.4, -0.2) is 56.2 Å². The van der Waals surface area contributed by atoms with Crippen LogP contribution in [0.15, 0.2) is 72.3 Å². The molecule has 1 fully saturated rings. The summed E-state index contributed by atoms with van der Waals surface area (Å²) in [5, 5.41) is 11.2. The van der Waals surface area contributed by atoms with Crippen molar-refractivity contribution in [1.29, 1.82) is 0 Å². The Morgan fingerprint density at radius 1 is 0.923 bits per heavy atom. The smallest absolute Gasteiger partial charge is 0.295 e. The molecule has 0 unspecified atom stereocenters. The number of aliphatic hydroxyl groups is 1. The fourth-order valence-corrected chi connectivity index (χ4v) is 4.51. The monoisotopic (exact) mass is 535 g/mol. The molecule has 0 aliphatic carbocycles. The lowest BCUT2D eigenvalue weighted by Gasteiger charge is -2.26. The molecule has 0 saturated carbocycles. The van der Waals surface area contributed by atoms with Gasteiger partial charge in [-0.15, -0.1) is 0 Å². The van der Waals surface area contributed by atoms with Gasteiger partial charge in [-0.2, -0.15) is 0 Å². The molecule has 0 radical (unpaired) electrons. The van der Waals surface area contributed by atoms with Crippen molar-refractivity contribution in [2.75, 3.05) is 34.5 Å². The molecule has 0 bridgehead atoms. The van der Waals surface area contributed by atoms with Gasteiger partial charge in [0, 0.05) is 25.8 Å². The van der Waals surface area contributed by atoms with Crippen LogP contribution in [0.5, 0.6) is 17.2 Å². The van der Waals surface area contributed by atoms with Gasteiger partial charge in [-0.25, -0.2) is 4.39 Å². The van der Waals surface area contributed by atoms with E-state index in [4.69, 9.17) is 18.9 Å². The van der Waals surface area contributed by atoms with Crippen molar-refractivity contribution in [1.82, 2.24) is 4.90 Å². The SMILES string of the molecule is COCCCN1C(=O)C(=O)C(=C(O)c2ccc(OC)c(F)c2)[C@H]1c1ccc(OCc2ccccc2)c(OC)c1. The molecule has 1 heterocycles. The van der Waals surface area contributed by atoms with Gasteiger partial charge in [-0.05, 0) is 47.9 Å². The van der Waals surface area contributed by atoms with Crippen molar-refractivity contribution in [2.45, 2.75) is 19.1 Å². The molecule has 8 nitrogen and oxygen atoms in total. The maximum absolute atomic E-state index is 14.4. The Morgan fingerprint density at radius 2 is 1.64 bits per heavy atom. The largest absolute Gasteiger partial charge is 0.507 e. The van der Waals surface area contributed by atoms with Crippen LogP contribution in [0.3, 0.4) is 0 Å². The zero-order chi connectivity index (χ0) is 27.9. The number of ketones is 1. The van der Waals surface area contributed by atoms with Gasteiger partial charge < -0.3 is 29.0 Å². The predicted octanol–water partition coefficient (Wildman–Crippen LogP) is 4.88. The highest BCUT2D eigenvalue weighted by Crippen LogP contribution is 2.42. The van der Waals surface area contributed by atoms with Crippen LogP contribution < -0.4 is 14.2 Å². The first-order valence-corrected chi connectivity index (χ1v) is 12.4. The highest BCUT2D eigenvalue weighted by atomic mass is 19.1. The molecule has 204 valence electrons. The first-order valence-electron chi connectivity index (χ1n) is 12.4. The Bertz CT molecular complexity index is 1370. The summed E-state index contributed by atoms with van der Waals surface area (Å²) in [5.41, 5.74) is 1.39. The van der Waals surface area contributed by atoms with Crippen LogP contribution in [0.2, 0.25) is 0 Å². The molecule has 0 aromatic heterocycles. The second-order valence-electron chi connectivity index (χ2n) is 8.87. The van der Waals surface area contributed by atoms with Gasteiger partial charge in [0.15, 0.2) is 23.1 Å². The van der Waals surface area contributed by atoms with E-state index in [1.807, 2.05) is 30.3 Å². The second kappa shape index (κ2) is 12.4. The minimum absolute atomic E-state index is 0.0149. The van der Waals surface area contributed by atoms with E-state index in [1.54, 1.807) is 25.3 Å². The van der Waals surface area contributed by atoms with Crippen LogP contribution in [-0.2, 0) is 20.9 Å². The van der Waals surface area contributed by atoms with E-state index < -0.39 is 29.3 Å². The quantitative estimate of drug-likeness (QED) is 0.162. The zero-order valence-electron chi connectivity index (χ0n) is 22.0. The van der Waals surface area contributed by atoms with E-state index in [0.29, 0.717) is 36.7 Å². The maximum atomic E-state index is 14.4. The highest BCUT2D eigenvalue weighted by Gasteiger charge is 2.46. The molecule has 1 amide bonds. The predicted molar refractivity (Wildman–Crippen MR) is 142 cm³/mol. The summed E-state index contributed by atoms with van der Waals surface area (Å²) in [5.74, 6) is -1.99. The third kappa shape index (κ3) is 5.88. The molecule has 1 atom stereocenters. The van der Waals surface area contributed by atoms with Crippen LogP contribution in [0.25, 0.3) is 5.76 Å². The molecule has 1 N–H and O–H groups in total. The number of hydrogen-bond donors (Lipinski definition) is 1. The molecular formula is C30H30FNO7. The van der Waals surface area contributed by atoms with Crippen molar-refractivity contribution < 1.29 is 38.0 Å². The fourth-order valence-electron chi connectivity index (χ4n) is 4.51. The van der Waals surface area contributed by atoms with Gasteiger partial charge in [0.25, 0.3) is 11.7 Å². The highest BCUT2D eigenvalue weighted by molar-refractivity contribution is 6.46. The number of methoxy groups -OCH3 is 3. The summed E-state index contributed by atoms with van der Waals surface area (Å²) in [7, 11) is 4.36. The number of benzene rings is 3. The van der Waals surface area contributed by atoms with Crippen LogP contribution in [0.4, 0.5) is 4.39 Å². The number of ether oxygens (including phenoxy) is 4. The molecule has 0 spiro atoms. The summed E-state index contributed by atoms with van der Waals surface area (Å²) in [4.78, 5) is 27.7. The standard InChI is InChI=1S/C30H30FNO7/c1-36-15-7-14-32-27(20-10-13-24(25(17-20)38-3)39-18-19-8-5-4-6-9-19)26(29(34)30(32)35)28(33)21-11-12-23(37-2)22(31)16-21/h4-6,8-13,16-17,27,33H,7,14-15,18H2,1-3H3/t27-/m1/s1. The topological polar surface area (TPSA) is 94.5 Å². The molecule has 1 aliphatic rings. The van der Waals surface area contributed by atoms with Gasteiger partial charge in [-0.1, -0.05) is 36.4 Å².